The van der Waals surface area contributed by atoms with Gasteiger partial charge in [-0.3, -0.25) is 0 Å². The Morgan fingerprint density at radius 3 is 2.58 bits per heavy atom. The van der Waals surface area contributed by atoms with Crippen molar-refractivity contribution in [1.29, 1.82) is 0 Å². The first kappa shape index (κ1) is 27.3. The number of hydrogen-bond donors (Lipinski definition) is 1. The van der Waals surface area contributed by atoms with Crippen LogP contribution >= 0.6 is 0 Å². The van der Waals surface area contributed by atoms with E-state index in [2.05, 4.69) is 47.4 Å². The highest BCUT2D eigenvalue weighted by Gasteiger charge is 2.53. The number of benzene rings is 1. The van der Waals surface area contributed by atoms with Crippen molar-refractivity contribution >= 4 is 8.32 Å². The van der Waals surface area contributed by atoms with E-state index in [-0.39, 0.29) is 23.4 Å². The van der Waals surface area contributed by atoms with Crippen LogP contribution in [0, 0.1) is 0 Å². The largest absolute Gasteiger partial charge is 0.463 e. The molecule has 4 rings (SSSR count). The Balaban J connectivity index is 1.56. The van der Waals surface area contributed by atoms with Crippen LogP contribution in [0.4, 0.5) is 0 Å². The van der Waals surface area contributed by atoms with Crippen LogP contribution in [0.1, 0.15) is 70.0 Å². The monoisotopic (exact) mass is 514 g/mol. The van der Waals surface area contributed by atoms with Gasteiger partial charge in [-0.2, -0.15) is 0 Å². The van der Waals surface area contributed by atoms with E-state index in [1.54, 1.807) is 6.08 Å². The van der Waals surface area contributed by atoms with Crippen LogP contribution in [0.5, 0.6) is 0 Å². The number of rotatable bonds is 8. The highest BCUT2D eigenvalue weighted by Crippen LogP contribution is 2.44. The van der Waals surface area contributed by atoms with Crippen LogP contribution in [-0.4, -0.2) is 43.9 Å². The maximum Gasteiger partial charge on any atom is 0.192 e. The van der Waals surface area contributed by atoms with Crippen LogP contribution < -0.4 is 0 Å². The molecule has 2 aliphatic rings. The Bertz CT molecular complexity index is 1010. The predicted molar refractivity (Wildman–Crippen MR) is 142 cm³/mol. The first-order chi connectivity index (χ1) is 16.9. The topological polar surface area (TPSA) is 70.3 Å². The minimum atomic E-state index is -2.09. The molecule has 0 aliphatic carbocycles. The molecule has 2 saturated heterocycles. The summed E-state index contributed by atoms with van der Waals surface area (Å²) >= 11 is 0. The summed E-state index contributed by atoms with van der Waals surface area (Å²) in [6.07, 6.45) is 1.74. The maximum atomic E-state index is 10.3. The lowest BCUT2D eigenvalue weighted by Gasteiger charge is -2.53. The molecule has 0 unspecified atom stereocenters. The van der Waals surface area contributed by atoms with Crippen molar-refractivity contribution in [3.05, 3.63) is 72.2 Å². The molecule has 0 radical (unpaired) electrons. The van der Waals surface area contributed by atoms with Gasteiger partial charge in [-0.1, -0.05) is 57.2 Å². The zero-order valence-corrected chi connectivity index (χ0v) is 23.5. The summed E-state index contributed by atoms with van der Waals surface area (Å²) in [6.45, 7) is 17.5. The van der Waals surface area contributed by atoms with Crippen molar-refractivity contribution < 1.29 is 28.2 Å². The van der Waals surface area contributed by atoms with Crippen molar-refractivity contribution in [2.45, 2.75) is 101 Å². The van der Waals surface area contributed by atoms with Crippen molar-refractivity contribution in [1.82, 2.24) is 0 Å². The molecule has 198 valence electrons. The maximum absolute atomic E-state index is 10.3. The number of ether oxygens (including phenoxy) is 3. The minimum Gasteiger partial charge on any atom is -0.463 e. The first-order valence-corrected chi connectivity index (χ1v) is 15.9. The van der Waals surface area contributed by atoms with Gasteiger partial charge in [0.05, 0.1) is 24.9 Å². The quantitative estimate of drug-likeness (QED) is 0.321. The molecular formula is C29H42O6Si. The number of aliphatic hydroxyl groups is 1. The molecule has 0 bridgehead atoms. The number of furan rings is 1. The second kappa shape index (κ2) is 10.6. The summed E-state index contributed by atoms with van der Waals surface area (Å²) in [7, 11) is -2.09. The van der Waals surface area contributed by atoms with Crippen molar-refractivity contribution in [3.8, 4) is 0 Å². The average molecular weight is 515 g/mol. The summed E-state index contributed by atoms with van der Waals surface area (Å²) in [5, 5.41) is 10.4. The van der Waals surface area contributed by atoms with E-state index in [0.29, 0.717) is 31.6 Å². The van der Waals surface area contributed by atoms with Gasteiger partial charge < -0.3 is 28.2 Å². The van der Waals surface area contributed by atoms with Gasteiger partial charge >= 0.3 is 0 Å². The Morgan fingerprint density at radius 2 is 1.92 bits per heavy atom. The fourth-order valence-electron chi connectivity index (χ4n) is 4.66. The van der Waals surface area contributed by atoms with Crippen molar-refractivity contribution in [3.63, 3.8) is 0 Å². The Kier molecular flexibility index (Phi) is 8.00. The zero-order chi connectivity index (χ0) is 26.1. The normalized spacial score (nSPS) is 30.0. The molecule has 1 aromatic carbocycles. The lowest BCUT2D eigenvalue weighted by Crippen LogP contribution is -2.63. The SMILES string of the molecule is C=CC[C@H](O)c1ccc(C[C@@H]2O[C@]3(C)CO[C@@H](c4ccccc4)O[C@H]3C[C@H]2O[Si](C)(C)C(C)(C)C)o1. The molecule has 2 aromatic rings. The van der Waals surface area contributed by atoms with E-state index in [0.717, 1.165) is 11.3 Å². The average Bonchev–Trinajstić information content (AvgIpc) is 3.28. The van der Waals surface area contributed by atoms with E-state index in [1.807, 2.05) is 42.5 Å². The Labute approximate surface area is 216 Å². The highest BCUT2D eigenvalue weighted by atomic mass is 28.4. The second-order valence-electron chi connectivity index (χ2n) is 11.8. The molecule has 6 atom stereocenters. The van der Waals surface area contributed by atoms with Gasteiger partial charge in [0.15, 0.2) is 14.6 Å². The number of aliphatic hydroxyl groups excluding tert-OH is 1. The fraction of sp³-hybridized carbons (Fsp3) is 0.586. The third kappa shape index (κ3) is 5.87. The molecule has 2 fully saturated rings. The standard InChI is InChI=1S/C29H42O6Si/c1-8-12-22(30)23-16-15-21(32-23)17-24-25(35-36(6,7)28(2,3)4)18-26-29(5,34-24)19-31-27(33-26)20-13-10-9-11-14-20/h8-11,13-16,22,24-27,30H,1,12,17-19H2,2-7H3/t22-,24-,25+,26-,27+,29+/m0/s1. The van der Waals surface area contributed by atoms with Gasteiger partial charge in [-0.05, 0) is 43.6 Å². The molecule has 0 amide bonds. The van der Waals surface area contributed by atoms with E-state index in [9.17, 15) is 5.11 Å². The summed E-state index contributed by atoms with van der Waals surface area (Å²) < 4.78 is 32.3. The third-order valence-electron chi connectivity index (χ3n) is 7.90. The van der Waals surface area contributed by atoms with Gasteiger partial charge in [0.25, 0.3) is 0 Å². The van der Waals surface area contributed by atoms with Crippen LogP contribution in [0.2, 0.25) is 18.1 Å². The molecule has 6 nitrogen and oxygen atoms in total. The first-order valence-electron chi connectivity index (χ1n) is 13.0. The third-order valence-corrected chi connectivity index (χ3v) is 12.4. The van der Waals surface area contributed by atoms with E-state index in [1.165, 1.54) is 0 Å². The molecule has 7 heteroatoms. The second-order valence-corrected chi connectivity index (χ2v) is 16.6. The lowest BCUT2D eigenvalue weighted by atomic mass is 9.86. The molecule has 3 heterocycles. The van der Waals surface area contributed by atoms with E-state index < -0.39 is 26.3 Å². The van der Waals surface area contributed by atoms with Gasteiger partial charge in [0, 0.05) is 18.4 Å². The summed E-state index contributed by atoms with van der Waals surface area (Å²) in [5.41, 5.74) is 0.408. The lowest BCUT2D eigenvalue weighted by molar-refractivity contribution is -0.336. The predicted octanol–water partition coefficient (Wildman–Crippen LogP) is 6.48. The van der Waals surface area contributed by atoms with Crippen LogP contribution in [-0.2, 0) is 25.1 Å². The Hall–Kier alpha value is -1.74. The van der Waals surface area contributed by atoms with Crippen LogP contribution in [0.15, 0.2) is 59.5 Å². The fourth-order valence-corrected chi connectivity index (χ4v) is 6.02. The molecule has 1 N–H and O–H groups in total. The van der Waals surface area contributed by atoms with Crippen LogP contribution in [0.3, 0.4) is 0 Å². The van der Waals surface area contributed by atoms with Crippen molar-refractivity contribution in [2.75, 3.05) is 6.61 Å². The summed E-state index contributed by atoms with van der Waals surface area (Å²) in [4.78, 5) is 0. The van der Waals surface area contributed by atoms with Crippen molar-refractivity contribution in [2.24, 2.45) is 0 Å². The minimum absolute atomic E-state index is 0.0635. The smallest absolute Gasteiger partial charge is 0.192 e. The van der Waals surface area contributed by atoms with Gasteiger partial charge in [0.2, 0.25) is 0 Å². The van der Waals surface area contributed by atoms with Gasteiger partial charge in [0.1, 0.15) is 23.2 Å². The van der Waals surface area contributed by atoms with E-state index in [4.69, 9.17) is 23.1 Å². The molecule has 36 heavy (non-hydrogen) atoms. The number of fused-ring (bicyclic) bond motifs is 1. The molecule has 2 aliphatic heterocycles. The molecular weight excluding hydrogens is 472 g/mol. The summed E-state index contributed by atoms with van der Waals surface area (Å²) in [5.74, 6) is 1.31. The van der Waals surface area contributed by atoms with Gasteiger partial charge in [-0.15, -0.1) is 6.58 Å². The van der Waals surface area contributed by atoms with Crippen LogP contribution in [0.25, 0.3) is 0 Å². The molecule has 0 spiro atoms. The summed E-state index contributed by atoms with van der Waals surface area (Å²) in [6, 6.07) is 13.8. The number of hydrogen-bond acceptors (Lipinski definition) is 6. The highest BCUT2D eigenvalue weighted by molar-refractivity contribution is 6.74. The Morgan fingerprint density at radius 1 is 1.19 bits per heavy atom. The zero-order valence-electron chi connectivity index (χ0n) is 22.5. The molecule has 0 saturated carbocycles. The molecule has 1 aromatic heterocycles. The van der Waals surface area contributed by atoms with E-state index >= 15 is 0 Å². The van der Waals surface area contributed by atoms with Gasteiger partial charge in [-0.25, -0.2) is 0 Å².